The second-order valence-electron chi connectivity index (χ2n) is 5.40. The van der Waals surface area contributed by atoms with E-state index < -0.39 is 12.1 Å². The van der Waals surface area contributed by atoms with E-state index in [1.807, 2.05) is 18.2 Å². The number of carbonyl (C=O) groups excluding carboxylic acids is 2. The molecule has 1 aromatic carbocycles. The second kappa shape index (κ2) is 8.52. The Balaban J connectivity index is 2.33. The first-order valence-corrected chi connectivity index (χ1v) is 8.56. The number of rotatable bonds is 6. The zero-order valence-electron chi connectivity index (χ0n) is 14.9. The number of carbonyl (C=O) groups is 2. The maximum atomic E-state index is 11.6. The van der Waals surface area contributed by atoms with E-state index in [0.717, 1.165) is 4.90 Å². The molecule has 0 radical (unpaired) electrons. The van der Waals surface area contributed by atoms with E-state index in [1.165, 1.54) is 25.8 Å². The van der Waals surface area contributed by atoms with E-state index in [1.54, 1.807) is 19.9 Å². The third kappa shape index (κ3) is 5.09. The van der Waals surface area contributed by atoms with Gasteiger partial charge in [-0.05, 0) is 32.0 Å². The van der Waals surface area contributed by atoms with Gasteiger partial charge in [0.25, 0.3) is 0 Å². The molecule has 2 aromatic rings. The average Bonchev–Trinajstić information content (AvgIpc) is 2.56. The number of methoxy groups -OCH3 is 1. The lowest BCUT2D eigenvalue weighted by atomic mass is 10.3. The van der Waals surface area contributed by atoms with Crippen molar-refractivity contribution in [2.75, 3.05) is 18.2 Å². The highest BCUT2D eigenvalue weighted by molar-refractivity contribution is 7.99. The van der Waals surface area contributed by atoms with E-state index in [9.17, 15) is 9.59 Å². The number of nitrogen functional groups attached to an aromatic ring is 1. The molecule has 138 valence electrons. The Hall–Kier alpha value is -2.81. The lowest BCUT2D eigenvalue weighted by Crippen LogP contribution is -2.26. The number of hydrogen-bond donors (Lipinski definition) is 2. The van der Waals surface area contributed by atoms with Crippen molar-refractivity contribution < 1.29 is 19.1 Å². The smallest absolute Gasteiger partial charge is 0.346 e. The zero-order chi connectivity index (χ0) is 19.3. The maximum absolute atomic E-state index is 11.6. The summed E-state index contributed by atoms with van der Waals surface area (Å²) in [4.78, 5) is 32.6. The van der Waals surface area contributed by atoms with Gasteiger partial charge in [0.2, 0.25) is 17.7 Å². The summed E-state index contributed by atoms with van der Waals surface area (Å²) in [5.74, 6) is -0.438. The van der Waals surface area contributed by atoms with Gasteiger partial charge in [-0.25, -0.2) is 9.78 Å². The SMILES string of the molecule is COC(=O)C(C)Oc1nc(N)nc(C)c1Sc1cccc(NC(C)=O)c1. The Morgan fingerprint density at radius 3 is 2.69 bits per heavy atom. The molecule has 9 heteroatoms. The molecule has 2 rings (SSSR count). The van der Waals surface area contributed by atoms with Crippen molar-refractivity contribution in [1.82, 2.24) is 9.97 Å². The van der Waals surface area contributed by atoms with Crippen molar-refractivity contribution in [2.45, 2.75) is 36.7 Å². The summed E-state index contributed by atoms with van der Waals surface area (Å²) in [7, 11) is 1.28. The lowest BCUT2D eigenvalue weighted by molar-refractivity contribution is -0.148. The maximum Gasteiger partial charge on any atom is 0.346 e. The minimum absolute atomic E-state index is 0.0471. The van der Waals surface area contributed by atoms with Gasteiger partial charge in [0, 0.05) is 17.5 Å². The molecule has 0 fully saturated rings. The first-order chi connectivity index (χ1) is 12.3. The van der Waals surface area contributed by atoms with Gasteiger partial charge >= 0.3 is 5.97 Å². The molecule has 1 heterocycles. The number of aryl methyl sites for hydroxylation is 1. The fraction of sp³-hybridized carbons (Fsp3) is 0.294. The van der Waals surface area contributed by atoms with Crippen LogP contribution in [0.25, 0.3) is 0 Å². The third-order valence-corrected chi connectivity index (χ3v) is 4.38. The van der Waals surface area contributed by atoms with Gasteiger partial charge in [0.1, 0.15) is 0 Å². The van der Waals surface area contributed by atoms with Crippen LogP contribution in [0.15, 0.2) is 34.1 Å². The quantitative estimate of drug-likeness (QED) is 0.738. The van der Waals surface area contributed by atoms with Crippen molar-refractivity contribution in [3.05, 3.63) is 30.0 Å². The van der Waals surface area contributed by atoms with Crippen molar-refractivity contribution in [2.24, 2.45) is 0 Å². The molecule has 8 nitrogen and oxygen atoms in total. The van der Waals surface area contributed by atoms with Crippen molar-refractivity contribution in [3.8, 4) is 5.88 Å². The average molecular weight is 376 g/mol. The van der Waals surface area contributed by atoms with Gasteiger partial charge in [-0.3, -0.25) is 4.79 Å². The first-order valence-electron chi connectivity index (χ1n) is 7.74. The van der Waals surface area contributed by atoms with Crippen molar-refractivity contribution >= 4 is 35.3 Å². The summed E-state index contributed by atoms with van der Waals surface area (Å²) in [5, 5.41) is 2.73. The molecule has 26 heavy (non-hydrogen) atoms. The molecule has 0 bridgehead atoms. The normalized spacial score (nSPS) is 11.5. The fourth-order valence-corrected chi connectivity index (χ4v) is 3.04. The monoisotopic (exact) mass is 376 g/mol. The standard InChI is InChI=1S/C17H20N4O4S/c1-9-14(26-13-7-5-6-12(8-13)20-11(3)22)15(21-17(18)19-9)25-10(2)16(23)24-4/h5-8,10H,1-4H3,(H,20,22)(H2,18,19,21). The minimum Gasteiger partial charge on any atom is -0.466 e. The van der Waals surface area contributed by atoms with Crippen LogP contribution < -0.4 is 15.8 Å². The Labute approximate surface area is 155 Å². The number of ether oxygens (including phenoxy) is 2. The minimum atomic E-state index is -0.848. The molecule has 1 atom stereocenters. The summed E-state index contributed by atoms with van der Waals surface area (Å²) >= 11 is 1.34. The first kappa shape index (κ1) is 19.5. The number of anilines is 2. The van der Waals surface area contributed by atoms with Crippen LogP contribution in [-0.4, -0.2) is 35.1 Å². The number of amides is 1. The van der Waals surface area contributed by atoms with E-state index in [4.69, 9.17) is 10.5 Å². The van der Waals surface area contributed by atoms with Gasteiger partial charge in [0.05, 0.1) is 17.7 Å². The van der Waals surface area contributed by atoms with Crippen LogP contribution in [0.4, 0.5) is 11.6 Å². The Morgan fingerprint density at radius 2 is 2.04 bits per heavy atom. The topological polar surface area (TPSA) is 116 Å². The number of esters is 1. The van der Waals surface area contributed by atoms with E-state index in [2.05, 4.69) is 20.0 Å². The number of benzene rings is 1. The Morgan fingerprint density at radius 1 is 1.31 bits per heavy atom. The molecule has 0 saturated heterocycles. The molecule has 0 saturated carbocycles. The summed E-state index contributed by atoms with van der Waals surface area (Å²) in [6.45, 7) is 4.77. The van der Waals surface area contributed by atoms with E-state index in [0.29, 0.717) is 16.3 Å². The highest BCUT2D eigenvalue weighted by atomic mass is 32.2. The van der Waals surface area contributed by atoms with Crippen LogP contribution >= 0.6 is 11.8 Å². The van der Waals surface area contributed by atoms with Crippen LogP contribution in [-0.2, 0) is 14.3 Å². The summed E-state index contributed by atoms with van der Waals surface area (Å²) in [5.41, 5.74) is 6.99. The molecular weight excluding hydrogens is 356 g/mol. The fourth-order valence-electron chi connectivity index (χ4n) is 2.09. The van der Waals surface area contributed by atoms with Crippen LogP contribution in [0.2, 0.25) is 0 Å². The molecule has 0 spiro atoms. The summed E-state index contributed by atoms with van der Waals surface area (Å²) in [6.07, 6.45) is -0.848. The summed E-state index contributed by atoms with van der Waals surface area (Å²) in [6, 6.07) is 7.29. The largest absolute Gasteiger partial charge is 0.466 e. The summed E-state index contributed by atoms with van der Waals surface area (Å²) < 4.78 is 10.3. The number of nitrogens with two attached hydrogens (primary N) is 1. The van der Waals surface area contributed by atoms with Gasteiger partial charge in [-0.15, -0.1) is 0 Å². The van der Waals surface area contributed by atoms with Gasteiger partial charge in [-0.2, -0.15) is 4.98 Å². The highest BCUT2D eigenvalue weighted by Crippen LogP contribution is 2.37. The molecule has 1 amide bonds. The van der Waals surface area contributed by atoms with Crippen LogP contribution in [0.3, 0.4) is 0 Å². The Kier molecular flexibility index (Phi) is 6.40. The number of hydrogen-bond acceptors (Lipinski definition) is 8. The number of nitrogens with one attached hydrogen (secondary N) is 1. The van der Waals surface area contributed by atoms with Crippen LogP contribution in [0, 0.1) is 6.92 Å². The van der Waals surface area contributed by atoms with Crippen molar-refractivity contribution in [1.29, 1.82) is 0 Å². The molecule has 0 aliphatic carbocycles. The van der Waals surface area contributed by atoms with Crippen molar-refractivity contribution in [3.63, 3.8) is 0 Å². The molecule has 1 aromatic heterocycles. The lowest BCUT2D eigenvalue weighted by Gasteiger charge is -2.16. The molecule has 1 unspecified atom stereocenters. The zero-order valence-corrected chi connectivity index (χ0v) is 15.7. The molecular formula is C17H20N4O4S. The van der Waals surface area contributed by atoms with Crippen LogP contribution in [0.5, 0.6) is 5.88 Å². The molecule has 3 N–H and O–H groups in total. The van der Waals surface area contributed by atoms with Gasteiger partial charge in [-0.1, -0.05) is 17.8 Å². The van der Waals surface area contributed by atoms with Gasteiger partial charge < -0.3 is 20.5 Å². The predicted octanol–water partition coefficient (Wildman–Crippen LogP) is 2.42. The molecule has 0 aliphatic rings. The predicted molar refractivity (Wildman–Crippen MR) is 98.2 cm³/mol. The molecule has 0 aliphatic heterocycles. The van der Waals surface area contributed by atoms with Crippen LogP contribution in [0.1, 0.15) is 19.5 Å². The number of aromatic nitrogens is 2. The number of nitrogens with zero attached hydrogens (tertiary/aromatic N) is 2. The van der Waals surface area contributed by atoms with Gasteiger partial charge in [0.15, 0.2) is 6.10 Å². The Bertz CT molecular complexity index is 828. The third-order valence-electron chi connectivity index (χ3n) is 3.22. The highest BCUT2D eigenvalue weighted by Gasteiger charge is 2.21. The second-order valence-corrected chi connectivity index (χ2v) is 6.48. The van der Waals surface area contributed by atoms with E-state index >= 15 is 0 Å². The van der Waals surface area contributed by atoms with E-state index in [-0.39, 0.29) is 17.7 Å².